The van der Waals surface area contributed by atoms with Crippen LogP contribution in [0, 0.1) is 0 Å². The van der Waals surface area contributed by atoms with Gasteiger partial charge >= 0.3 is 6.36 Å². The van der Waals surface area contributed by atoms with Crippen LogP contribution in [0.15, 0.2) is 76.2 Å². The highest BCUT2D eigenvalue weighted by atomic mass is 19.4. The molecule has 8 nitrogen and oxygen atoms in total. The summed E-state index contributed by atoms with van der Waals surface area (Å²) in [5.41, 5.74) is 1.58. The lowest BCUT2D eigenvalue weighted by Crippen LogP contribution is -2.19. The summed E-state index contributed by atoms with van der Waals surface area (Å²) in [5.74, 6) is 0.639. The van der Waals surface area contributed by atoms with Crippen molar-refractivity contribution in [1.29, 1.82) is 0 Å². The van der Waals surface area contributed by atoms with Gasteiger partial charge in [0.15, 0.2) is 0 Å². The molecule has 0 bridgehead atoms. The molecule has 0 amide bonds. The number of aromatic nitrogens is 3. The molecule has 0 unspecified atom stereocenters. The van der Waals surface area contributed by atoms with E-state index in [1.807, 2.05) is 24.3 Å². The van der Waals surface area contributed by atoms with Crippen molar-refractivity contribution in [3.8, 4) is 34.3 Å². The van der Waals surface area contributed by atoms with Crippen LogP contribution in [0.2, 0.25) is 0 Å². The minimum atomic E-state index is -4.78. The Balaban J connectivity index is 1.51. The van der Waals surface area contributed by atoms with Gasteiger partial charge in [-0.2, -0.15) is 4.98 Å². The van der Waals surface area contributed by atoms with E-state index in [1.165, 1.54) is 22.8 Å². The van der Waals surface area contributed by atoms with Crippen LogP contribution >= 0.6 is 0 Å². The maximum atomic E-state index is 12.4. The lowest BCUT2D eigenvalue weighted by atomic mass is 10.2. The van der Waals surface area contributed by atoms with Gasteiger partial charge in [-0.05, 0) is 48.0 Å². The highest BCUT2D eigenvalue weighted by molar-refractivity contribution is 5.60. The molecule has 2 aromatic heterocycles. The van der Waals surface area contributed by atoms with Crippen molar-refractivity contribution < 1.29 is 31.9 Å². The molecule has 2 heterocycles. The average Bonchev–Trinajstić information content (AvgIpc) is 3.31. The van der Waals surface area contributed by atoms with E-state index < -0.39 is 6.36 Å². The normalized spacial score (nSPS) is 11.4. The number of alkyl halides is 3. The fourth-order valence-corrected chi connectivity index (χ4v) is 3.22. The number of ether oxygens (including phenoxy) is 3. The second-order valence-corrected chi connectivity index (χ2v) is 7.37. The quantitative estimate of drug-likeness (QED) is 0.320. The Morgan fingerprint density at radius 2 is 1.74 bits per heavy atom. The number of rotatable bonds is 9. The van der Waals surface area contributed by atoms with Gasteiger partial charge in [0, 0.05) is 24.9 Å². The van der Waals surface area contributed by atoms with Gasteiger partial charge < -0.3 is 23.3 Å². The third-order valence-electron chi connectivity index (χ3n) is 4.81. The van der Waals surface area contributed by atoms with Crippen molar-refractivity contribution in [2.75, 3.05) is 20.3 Å². The molecule has 0 N–H and O–H groups in total. The number of nitrogens with zero attached hydrogens (tertiary/aromatic N) is 3. The zero-order chi connectivity index (χ0) is 24.8. The van der Waals surface area contributed by atoms with E-state index in [-0.39, 0.29) is 29.6 Å². The average molecular weight is 487 g/mol. The van der Waals surface area contributed by atoms with E-state index in [4.69, 9.17) is 14.0 Å². The van der Waals surface area contributed by atoms with Crippen LogP contribution < -0.4 is 15.0 Å². The van der Waals surface area contributed by atoms with E-state index in [2.05, 4.69) is 14.9 Å². The minimum Gasteiger partial charge on any atom is -0.491 e. The molecule has 0 aliphatic rings. The smallest absolute Gasteiger partial charge is 0.491 e. The molecule has 0 fully saturated rings. The molecular formula is C24H20F3N3O5. The van der Waals surface area contributed by atoms with Crippen LogP contribution in [0.5, 0.6) is 11.5 Å². The van der Waals surface area contributed by atoms with E-state index in [0.29, 0.717) is 30.1 Å². The van der Waals surface area contributed by atoms with E-state index in [1.54, 1.807) is 19.4 Å². The number of hydrogen-bond acceptors (Lipinski definition) is 7. The fourth-order valence-electron chi connectivity index (χ4n) is 3.22. The van der Waals surface area contributed by atoms with Crippen LogP contribution in [0.3, 0.4) is 0 Å². The maximum Gasteiger partial charge on any atom is 0.573 e. The Kier molecular flexibility index (Phi) is 7.16. The van der Waals surface area contributed by atoms with Crippen molar-refractivity contribution in [3.63, 3.8) is 0 Å². The molecule has 35 heavy (non-hydrogen) atoms. The SMILES string of the molecule is COCCOc1cccc(Cn2cc(-c3nc(-c4ccc(OC(F)(F)F)cc4)no3)ccc2=O)c1. The minimum absolute atomic E-state index is 0.154. The Labute approximate surface area is 197 Å². The zero-order valence-corrected chi connectivity index (χ0v) is 18.5. The summed E-state index contributed by atoms with van der Waals surface area (Å²) in [6, 6.07) is 15.4. The summed E-state index contributed by atoms with van der Waals surface area (Å²) in [7, 11) is 1.59. The Hall–Kier alpha value is -4.12. The molecule has 0 saturated carbocycles. The Morgan fingerprint density at radius 3 is 2.49 bits per heavy atom. The lowest BCUT2D eigenvalue weighted by Gasteiger charge is -2.10. The number of halogens is 3. The largest absolute Gasteiger partial charge is 0.573 e. The van der Waals surface area contributed by atoms with Crippen molar-refractivity contribution in [1.82, 2.24) is 14.7 Å². The third-order valence-corrected chi connectivity index (χ3v) is 4.81. The van der Waals surface area contributed by atoms with Gasteiger partial charge in [-0.25, -0.2) is 0 Å². The van der Waals surface area contributed by atoms with Crippen molar-refractivity contribution in [3.05, 3.63) is 82.8 Å². The summed E-state index contributed by atoms with van der Waals surface area (Å²) in [4.78, 5) is 16.7. The number of methoxy groups -OCH3 is 1. The van der Waals surface area contributed by atoms with E-state index >= 15 is 0 Å². The van der Waals surface area contributed by atoms with E-state index in [9.17, 15) is 18.0 Å². The van der Waals surface area contributed by atoms with Gasteiger partial charge in [-0.3, -0.25) is 4.79 Å². The molecule has 0 aliphatic carbocycles. The Morgan fingerprint density at radius 1 is 0.971 bits per heavy atom. The zero-order valence-electron chi connectivity index (χ0n) is 18.5. The summed E-state index contributed by atoms with van der Waals surface area (Å²) < 4.78 is 58.3. The molecular weight excluding hydrogens is 467 g/mol. The molecule has 0 radical (unpaired) electrons. The first-order chi connectivity index (χ1) is 16.8. The molecule has 0 spiro atoms. The predicted molar refractivity (Wildman–Crippen MR) is 119 cm³/mol. The van der Waals surface area contributed by atoms with Crippen molar-refractivity contribution >= 4 is 0 Å². The first-order valence-electron chi connectivity index (χ1n) is 10.4. The summed E-state index contributed by atoms with van der Waals surface area (Å²) in [6.45, 7) is 1.16. The molecule has 4 aromatic rings. The molecule has 0 aliphatic heterocycles. The fraction of sp³-hybridized carbons (Fsp3) is 0.208. The topological polar surface area (TPSA) is 88.6 Å². The van der Waals surface area contributed by atoms with Crippen LogP contribution in [0.25, 0.3) is 22.8 Å². The molecule has 0 saturated heterocycles. The summed E-state index contributed by atoms with van der Waals surface area (Å²) >= 11 is 0. The number of hydrogen-bond donors (Lipinski definition) is 0. The van der Waals surface area contributed by atoms with Crippen LogP contribution in [-0.4, -0.2) is 41.4 Å². The molecule has 182 valence electrons. The predicted octanol–water partition coefficient (Wildman–Crippen LogP) is 4.54. The number of pyridine rings is 1. The highest BCUT2D eigenvalue weighted by Gasteiger charge is 2.31. The lowest BCUT2D eigenvalue weighted by molar-refractivity contribution is -0.274. The van der Waals surface area contributed by atoms with Crippen molar-refractivity contribution in [2.45, 2.75) is 12.9 Å². The molecule has 11 heteroatoms. The van der Waals surface area contributed by atoms with Crippen molar-refractivity contribution in [2.24, 2.45) is 0 Å². The monoisotopic (exact) mass is 487 g/mol. The third kappa shape index (κ3) is 6.48. The van der Waals surface area contributed by atoms with Crippen LogP contribution in [0.1, 0.15) is 5.56 Å². The molecule has 4 rings (SSSR count). The van der Waals surface area contributed by atoms with Gasteiger partial charge in [0.25, 0.3) is 11.4 Å². The van der Waals surface area contributed by atoms with Gasteiger partial charge in [0.1, 0.15) is 18.1 Å². The van der Waals surface area contributed by atoms with Gasteiger partial charge in [-0.1, -0.05) is 17.3 Å². The van der Waals surface area contributed by atoms with Gasteiger partial charge in [0.2, 0.25) is 5.82 Å². The summed E-state index contributed by atoms with van der Waals surface area (Å²) in [5, 5.41) is 3.89. The first kappa shape index (κ1) is 24.0. The van der Waals surface area contributed by atoms with Crippen LogP contribution in [-0.2, 0) is 11.3 Å². The van der Waals surface area contributed by atoms with Gasteiger partial charge in [0.05, 0.1) is 18.7 Å². The van der Waals surface area contributed by atoms with Gasteiger partial charge in [-0.15, -0.1) is 13.2 Å². The second kappa shape index (κ2) is 10.4. The standard InChI is InChI=1S/C24H20F3N3O5/c1-32-11-12-33-20-4-2-3-16(13-20)14-30-15-18(7-10-21(30)31)23-28-22(29-35-23)17-5-8-19(9-6-17)34-24(25,26)27/h2-10,13,15H,11-12,14H2,1H3. The maximum absolute atomic E-state index is 12.4. The number of benzene rings is 2. The molecule has 0 atom stereocenters. The van der Waals surface area contributed by atoms with Crippen LogP contribution in [0.4, 0.5) is 13.2 Å². The first-order valence-corrected chi connectivity index (χ1v) is 10.4. The second-order valence-electron chi connectivity index (χ2n) is 7.37. The highest BCUT2D eigenvalue weighted by Crippen LogP contribution is 2.27. The molecule has 2 aromatic carbocycles. The Bertz CT molecular complexity index is 1330. The van der Waals surface area contributed by atoms with E-state index in [0.717, 1.165) is 17.7 Å². The summed E-state index contributed by atoms with van der Waals surface area (Å²) in [6.07, 6.45) is -3.18.